The molecule has 1 saturated heterocycles. The Bertz CT molecular complexity index is 740. The molecule has 1 aromatic heterocycles. The first-order chi connectivity index (χ1) is 13.8. The topological polar surface area (TPSA) is 86.7 Å². The Morgan fingerprint density at radius 3 is 2.69 bits per heavy atom. The van der Waals surface area contributed by atoms with Gasteiger partial charge < -0.3 is 10.6 Å². The van der Waals surface area contributed by atoms with Crippen molar-refractivity contribution in [1.82, 2.24) is 20.5 Å². The van der Waals surface area contributed by atoms with Crippen LogP contribution in [0.3, 0.4) is 0 Å². The molecule has 1 aromatic rings. The van der Waals surface area contributed by atoms with Gasteiger partial charge in [0.1, 0.15) is 9.84 Å². The lowest BCUT2D eigenvalue weighted by atomic mass is 9.97. The predicted molar refractivity (Wildman–Crippen MR) is 122 cm³/mol. The highest BCUT2D eigenvalue weighted by atomic mass is 32.2. The van der Waals surface area contributed by atoms with Crippen molar-refractivity contribution in [3.8, 4) is 0 Å². The summed E-state index contributed by atoms with van der Waals surface area (Å²) in [4.78, 5) is 11.9. The molecule has 0 amide bonds. The number of piperidine rings is 1. The van der Waals surface area contributed by atoms with E-state index in [0.29, 0.717) is 12.3 Å². The molecule has 2 rings (SSSR count). The molecule has 0 radical (unpaired) electrons. The maximum atomic E-state index is 11.4. The summed E-state index contributed by atoms with van der Waals surface area (Å²) in [5.41, 5.74) is 1.20. The van der Waals surface area contributed by atoms with Crippen molar-refractivity contribution in [1.29, 1.82) is 0 Å². The predicted octanol–water partition coefficient (Wildman–Crippen LogP) is 2.30. The Kier molecular flexibility index (Phi) is 9.85. The fourth-order valence-electron chi connectivity index (χ4n) is 3.38. The zero-order valence-electron chi connectivity index (χ0n) is 18.3. The van der Waals surface area contributed by atoms with E-state index < -0.39 is 9.84 Å². The van der Waals surface area contributed by atoms with Crippen molar-refractivity contribution >= 4 is 27.1 Å². The van der Waals surface area contributed by atoms with E-state index in [1.807, 2.05) is 13.8 Å². The SMILES string of the molecule is CCNC(=NCC1CCN(Cc2csc(CC)n2)CC1)NC(C)CCS(C)(=O)=O. The summed E-state index contributed by atoms with van der Waals surface area (Å²) in [5.74, 6) is 1.57. The average Bonchev–Trinajstić information content (AvgIpc) is 3.13. The van der Waals surface area contributed by atoms with Crippen LogP contribution in [0.15, 0.2) is 10.4 Å². The van der Waals surface area contributed by atoms with E-state index in [9.17, 15) is 8.42 Å². The van der Waals surface area contributed by atoms with Gasteiger partial charge in [-0.25, -0.2) is 13.4 Å². The Morgan fingerprint density at radius 1 is 1.38 bits per heavy atom. The highest BCUT2D eigenvalue weighted by molar-refractivity contribution is 7.90. The third-order valence-corrected chi connectivity index (χ3v) is 7.17. The van der Waals surface area contributed by atoms with Crippen molar-refractivity contribution in [2.45, 2.75) is 59.0 Å². The minimum absolute atomic E-state index is 0.0653. The minimum atomic E-state index is -2.93. The number of thiazole rings is 1. The van der Waals surface area contributed by atoms with E-state index in [-0.39, 0.29) is 11.8 Å². The van der Waals surface area contributed by atoms with Crippen LogP contribution in [0.1, 0.15) is 50.7 Å². The van der Waals surface area contributed by atoms with E-state index in [2.05, 4.69) is 32.8 Å². The van der Waals surface area contributed by atoms with Crippen molar-refractivity contribution in [3.05, 3.63) is 16.1 Å². The molecule has 1 atom stereocenters. The fraction of sp³-hybridized carbons (Fsp3) is 0.800. The third-order valence-electron chi connectivity index (χ3n) is 5.15. The van der Waals surface area contributed by atoms with Gasteiger partial charge in [0, 0.05) is 37.3 Å². The monoisotopic (exact) mass is 443 g/mol. The van der Waals surface area contributed by atoms with Gasteiger partial charge in [-0.15, -0.1) is 11.3 Å². The average molecular weight is 444 g/mol. The lowest BCUT2D eigenvalue weighted by Crippen LogP contribution is -2.43. The number of aromatic nitrogens is 1. The number of nitrogens with one attached hydrogen (secondary N) is 2. The van der Waals surface area contributed by atoms with Crippen LogP contribution < -0.4 is 10.6 Å². The van der Waals surface area contributed by atoms with Crippen molar-refractivity contribution in [3.63, 3.8) is 0 Å². The molecule has 0 saturated carbocycles. The second-order valence-electron chi connectivity index (χ2n) is 7.99. The van der Waals surface area contributed by atoms with Gasteiger partial charge in [-0.1, -0.05) is 6.92 Å². The van der Waals surface area contributed by atoms with Crippen molar-refractivity contribution in [2.24, 2.45) is 10.9 Å². The smallest absolute Gasteiger partial charge is 0.191 e. The molecule has 0 bridgehead atoms. The van der Waals surface area contributed by atoms with E-state index in [1.165, 1.54) is 17.0 Å². The van der Waals surface area contributed by atoms with Gasteiger partial charge >= 0.3 is 0 Å². The van der Waals surface area contributed by atoms with Crippen LogP contribution in [0.5, 0.6) is 0 Å². The Labute approximate surface area is 180 Å². The van der Waals surface area contributed by atoms with Crippen LogP contribution >= 0.6 is 11.3 Å². The van der Waals surface area contributed by atoms with Crippen LogP contribution in [0.25, 0.3) is 0 Å². The zero-order valence-corrected chi connectivity index (χ0v) is 19.9. The molecule has 1 aliphatic rings. The van der Waals surface area contributed by atoms with Crippen molar-refractivity contribution in [2.75, 3.05) is 38.2 Å². The van der Waals surface area contributed by atoms with Crippen LogP contribution in [-0.2, 0) is 22.8 Å². The molecular formula is C20H37N5O2S2. The van der Waals surface area contributed by atoms with Crippen LogP contribution in [0.4, 0.5) is 0 Å². The number of nitrogens with zero attached hydrogens (tertiary/aromatic N) is 3. The lowest BCUT2D eigenvalue weighted by molar-refractivity contribution is 0.179. The maximum absolute atomic E-state index is 11.4. The molecule has 1 aliphatic heterocycles. The van der Waals surface area contributed by atoms with Gasteiger partial charge in [0.2, 0.25) is 0 Å². The van der Waals surface area contributed by atoms with Crippen LogP contribution in [-0.4, -0.2) is 68.5 Å². The van der Waals surface area contributed by atoms with Crippen molar-refractivity contribution < 1.29 is 8.42 Å². The van der Waals surface area contributed by atoms with Gasteiger partial charge in [0.25, 0.3) is 0 Å². The maximum Gasteiger partial charge on any atom is 0.191 e. The first-order valence-electron chi connectivity index (χ1n) is 10.7. The molecule has 9 heteroatoms. The highest BCUT2D eigenvalue weighted by Crippen LogP contribution is 2.20. The summed E-state index contributed by atoms with van der Waals surface area (Å²) < 4.78 is 22.7. The summed E-state index contributed by atoms with van der Waals surface area (Å²) in [6.45, 7) is 10.9. The Morgan fingerprint density at radius 2 is 2.10 bits per heavy atom. The van der Waals surface area contributed by atoms with E-state index in [4.69, 9.17) is 4.99 Å². The number of sulfone groups is 1. The second-order valence-corrected chi connectivity index (χ2v) is 11.2. The molecular weight excluding hydrogens is 406 g/mol. The molecule has 166 valence electrons. The molecule has 0 aliphatic carbocycles. The lowest BCUT2D eigenvalue weighted by Gasteiger charge is -2.31. The number of likely N-dealkylation sites (tertiary alicyclic amines) is 1. The molecule has 29 heavy (non-hydrogen) atoms. The van der Waals surface area contributed by atoms with Crippen LogP contribution in [0.2, 0.25) is 0 Å². The third kappa shape index (κ3) is 9.44. The summed E-state index contributed by atoms with van der Waals surface area (Å²) >= 11 is 1.76. The van der Waals surface area contributed by atoms with Gasteiger partial charge in [-0.2, -0.15) is 0 Å². The van der Waals surface area contributed by atoms with Crippen LogP contribution in [0, 0.1) is 5.92 Å². The van der Waals surface area contributed by atoms with Gasteiger partial charge in [0.05, 0.1) is 16.5 Å². The summed E-state index contributed by atoms with van der Waals surface area (Å²) in [6, 6.07) is 0.0653. The normalized spacial score (nSPS) is 18.0. The number of aryl methyl sites for hydroxylation is 1. The molecule has 7 nitrogen and oxygen atoms in total. The number of hydrogen-bond donors (Lipinski definition) is 2. The zero-order chi connectivity index (χ0) is 21.3. The highest BCUT2D eigenvalue weighted by Gasteiger charge is 2.20. The second kappa shape index (κ2) is 11.9. The van der Waals surface area contributed by atoms with Gasteiger partial charge in [-0.05, 0) is 58.5 Å². The quantitative estimate of drug-likeness (QED) is 0.426. The van der Waals surface area contributed by atoms with Gasteiger partial charge in [-0.3, -0.25) is 9.89 Å². The minimum Gasteiger partial charge on any atom is -0.357 e. The Hall–Kier alpha value is -1.19. The largest absolute Gasteiger partial charge is 0.357 e. The standard InChI is InChI=1S/C20H37N5O2S2/c1-5-19-24-18(15-28-19)14-25-10-7-17(8-11-25)13-22-20(21-6-2)23-16(3)9-12-29(4,26)27/h15-17H,5-14H2,1-4H3,(H2,21,22,23). The summed E-state index contributed by atoms with van der Waals surface area (Å²) in [5, 5.41) is 10.0. The Balaban J connectivity index is 1.76. The number of hydrogen-bond acceptors (Lipinski definition) is 6. The fourth-order valence-corrected chi connectivity index (χ4v) is 4.89. The summed E-state index contributed by atoms with van der Waals surface area (Å²) in [7, 11) is -2.93. The molecule has 1 unspecified atom stereocenters. The first kappa shape index (κ1) is 24.1. The number of aliphatic imine (C=N–C) groups is 1. The molecule has 0 aromatic carbocycles. The molecule has 2 N–H and O–H groups in total. The van der Waals surface area contributed by atoms with E-state index >= 15 is 0 Å². The van der Waals surface area contributed by atoms with E-state index in [0.717, 1.165) is 57.9 Å². The first-order valence-corrected chi connectivity index (χ1v) is 13.6. The summed E-state index contributed by atoms with van der Waals surface area (Å²) in [6.07, 6.45) is 5.18. The molecule has 1 fully saturated rings. The number of guanidine groups is 1. The molecule has 2 heterocycles. The molecule has 0 spiro atoms. The number of rotatable bonds is 10. The van der Waals surface area contributed by atoms with Gasteiger partial charge in [0.15, 0.2) is 5.96 Å². The van der Waals surface area contributed by atoms with E-state index in [1.54, 1.807) is 11.3 Å².